The van der Waals surface area contributed by atoms with E-state index in [0.29, 0.717) is 0 Å². The van der Waals surface area contributed by atoms with Gasteiger partial charge in [0.15, 0.2) is 5.82 Å². The van der Waals surface area contributed by atoms with Crippen LogP contribution in [0.1, 0.15) is 0 Å². The van der Waals surface area contributed by atoms with E-state index in [9.17, 15) is 0 Å². The van der Waals surface area contributed by atoms with Gasteiger partial charge in [0.05, 0.1) is 22.1 Å². The molecule has 0 bridgehead atoms. The number of nitrogens with zero attached hydrogens (tertiary/aromatic N) is 3. The van der Waals surface area contributed by atoms with Gasteiger partial charge in [-0.3, -0.25) is 4.57 Å². The maximum absolute atomic E-state index is 5.63. The van der Waals surface area contributed by atoms with Crippen molar-refractivity contribution in [2.45, 2.75) is 0 Å². The molecule has 220 valence electrons. The molecule has 3 nitrogen and oxygen atoms in total. The highest BCUT2D eigenvalue weighted by atomic mass is 32.1. The standard InChI is InChI=1S/C44H23N3S/c1-2-9-27-23-28(16-15-24(27)7-1)42-44(46-43-29-11-4-3-8-25(29)17-19-32(43)45-42)47-33-20-18-26-10-5-12-30-31-13-6-14-35-38(31)41-36(48-35)22-21-34(47)40(41)39(33)37(26)30/h1-23H. The molecule has 0 spiro atoms. The first-order valence-electron chi connectivity index (χ1n) is 16.3. The largest absolute Gasteiger partial charge is 0.292 e. The van der Waals surface area contributed by atoms with Crippen molar-refractivity contribution in [3.05, 3.63) is 140 Å². The van der Waals surface area contributed by atoms with E-state index in [1.165, 1.54) is 63.6 Å². The molecule has 0 unspecified atom stereocenters. The van der Waals surface area contributed by atoms with Crippen LogP contribution in [0.2, 0.25) is 0 Å². The van der Waals surface area contributed by atoms with Crippen LogP contribution in [0.5, 0.6) is 0 Å². The number of thiophene rings is 1. The minimum absolute atomic E-state index is 0.852. The molecule has 0 amide bonds. The Morgan fingerprint density at radius 3 is 2.06 bits per heavy atom. The van der Waals surface area contributed by atoms with Gasteiger partial charge >= 0.3 is 0 Å². The van der Waals surface area contributed by atoms with E-state index in [4.69, 9.17) is 9.97 Å². The van der Waals surface area contributed by atoms with Gasteiger partial charge in [-0.15, -0.1) is 11.3 Å². The average molecular weight is 626 g/mol. The summed E-state index contributed by atoms with van der Waals surface area (Å²) in [5, 5.41) is 12.5. The molecule has 3 heterocycles. The molecule has 1 aliphatic carbocycles. The molecule has 0 fully saturated rings. The monoisotopic (exact) mass is 625 g/mol. The lowest BCUT2D eigenvalue weighted by Gasteiger charge is -2.16. The summed E-state index contributed by atoms with van der Waals surface area (Å²) in [6.07, 6.45) is 0. The van der Waals surface area contributed by atoms with Gasteiger partial charge in [-0.05, 0) is 74.5 Å². The third-order valence-electron chi connectivity index (χ3n) is 10.5. The molecule has 48 heavy (non-hydrogen) atoms. The van der Waals surface area contributed by atoms with E-state index < -0.39 is 0 Å². The van der Waals surface area contributed by atoms with Crippen LogP contribution in [0, 0.1) is 0 Å². The third-order valence-corrected chi connectivity index (χ3v) is 11.6. The maximum atomic E-state index is 5.63. The molecule has 0 aliphatic heterocycles. The van der Waals surface area contributed by atoms with Crippen molar-refractivity contribution in [2.75, 3.05) is 0 Å². The first-order valence-corrected chi connectivity index (χ1v) is 17.2. The zero-order valence-corrected chi connectivity index (χ0v) is 26.3. The molecule has 4 heteroatoms. The number of hydrogen-bond donors (Lipinski definition) is 0. The van der Waals surface area contributed by atoms with Gasteiger partial charge in [-0.25, -0.2) is 9.97 Å². The molecule has 0 saturated carbocycles. The van der Waals surface area contributed by atoms with E-state index in [-0.39, 0.29) is 0 Å². The van der Waals surface area contributed by atoms with Gasteiger partial charge in [0.25, 0.3) is 0 Å². The summed E-state index contributed by atoms with van der Waals surface area (Å²) in [4.78, 5) is 11.1. The number of benzene rings is 8. The molecule has 8 aromatic carbocycles. The van der Waals surface area contributed by atoms with E-state index in [1.807, 2.05) is 11.3 Å². The van der Waals surface area contributed by atoms with Crippen molar-refractivity contribution in [1.29, 1.82) is 0 Å². The number of aromatic nitrogens is 3. The van der Waals surface area contributed by atoms with E-state index in [2.05, 4.69) is 144 Å². The van der Waals surface area contributed by atoms with Crippen molar-refractivity contribution in [1.82, 2.24) is 14.5 Å². The molecule has 3 aromatic heterocycles. The van der Waals surface area contributed by atoms with Crippen LogP contribution in [0.25, 0.3) is 114 Å². The quantitative estimate of drug-likeness (QED) is 0.179. The fourth-order valence-electron chi connectivity index (χ4n) is 8.42. The molecule has 0 atom stereocenters. The third kappa shape index (κ3) is 3.08. The second-order valence-electron chi connectivity index (χ2n) is 12.9. The Bertz CT molecular complexity index is 3240. The Hall–Kier alpha value is -6.10. The smallest absolute Gasteiger partial charge is 0.165 e. The average Bonchev–Trinajstić information content (AvgIpc) is 3.65. The lowest BCUT2D eigenvalue weighted by atomic mass is 9.95. The Kier molecular flexibility index (Phi) is 4.60. The summed E-state index contributed by atoms with van der Waals surface area (Å²) in [5.74, 6) is 0.852. The number of rotatable bonds is 2. The molecule has 12 rings (SSSR count). The van der Waals surface area contributed by atoms with E-state index in [0.717, 1.165) is 49.9 Å². The second-order valence-corrected chi connectivity index (χ2v) is 14.0. The van der Waals surface area contributed by atoms with Gasteiger partial charge in [0, 0.05) is 41.9 Å². The van der Waals surface area contributed by atoms with Crippen molar-refractivity contribution in [2.24, 2.45) is 0 Å². The summed E-state index contributed by atoms with van der Waals surface area (Å²) >= 11 is 1.89. The SMILES string of the molecule is c1ccc2cc(-c3nc4ccc5ccccc5c4nc3-n3c4ccc5cccc6c5c4c4c5c(ccc43)sc3cccc-6c35)ccc2c1. The Balaban J connectivity index is 1.32. The minimum Gasteiger partial charge on any atom is -0.292 e. The Labute approximate surface area is 277 Å². The zero-order chi connectivity index (χ0) is 31.1. The summed E-state index contributed by atoms with van der Waals surface area (Å²) in [5.41, 5.74) is 8.67. The molecule has 11 aromatic rings. The topological polar surface area (TPSA) is 30.7 Å². The van der Waals surface area contributed by atoms with Gasteiger partial charge in [0.2, 0.25) is 0 Å². The molecular formula is C44H23N3S. The highest BCUT2D eigenvalue weighted by Gasteiger charge is 2.27. The summed E-state index contributed by atoms with van der Waals surface area (Å²) in [7, 11) is 0. The lowest BCUT2D eigenvalue weighted by molar-refractivity contribution is 1.08. The Morgan fingerprint density at radius 1 is 0.458 bits per heavy atom. The van der Waals surface area contributed by atoms with Crippen LogP contribution >= 0.6 is 11.3 Å². The fraction of sp³-hybridized carbons (Fsp3) is 0. The van der Waals surface area contributed by atoms with Crippen LogP contribution in [-0.4, -0.2) is 14.5 Å². The van der Waals surface area contributed by atoms with Crippen molar-refractivity contribution in [3.63, 3.8) is 0 Å². The summed E-state index contributed by atoms with van der Waals surface area (Å²) in [6, 6.07) is 50.7. The normalized spacial score (nSPS) is 12.6. The number of fused-ring (bicyclic) bond motifs is 5. The fourth-order valence-corrected chi connectivity index (χ4v) is 9.56. The zero-order valence-electron chi connectivity index (χ0n) is 25.5. The maximum Gasteiger partial charge on any atom is 0.165 e. The van der Waals surface area contributed by atoms with Gasteiger partial charge in [-0.2, -0.15) is 0 Å². The first kappa shape index (κ1) is 25.0. The predicted octanol–water partition coefficient (Wildman–Crippen LogP) is 12.2. The van der Waals surface area contributed by atoms with Crippen LogP contribution in [-0.2, 0) is 0 Å². The predicted molar refractivity (Wildman–Crippen MR) is 204 cm³/mol. The minimum atomic E-state index is 0.852. The summed E-state index contributed by atoms with van der Waals surface area (Å²) in [6.45, 7) is 0. The second kappa shape index (κ2) is 8.82. The van der Waals surface area contributed by atoms with Gasteiger partial charge in [-0.1, -0.05) is 103 Å². The first-order chi connectivity index (χ1) is 23.8. The van der Waals surface area contributed by atoms with E-state index >= 15 is 0 Å². The molecule has 1 aliphatic rings. The van der Waals surface area contributed by atoms with E-state index in [1.54, 1.807) is 0 Å². The van der Waals surface area contributed by atoms with Crippen LogP contribution in [0.4, 0.5) is 0 Å². The van der Waals surface area contributed by atoms with Gasteiger partial charge in [0.1, 0.15) is 5.69 Å². The molecule has 0 N–H and O–H groups in total. The van der Waals surface area contributed by atoms with Crippen LogP contribution in [0.15, 0.2) is 140 Å². The Morgan fingerprint density at radius 2 is 1.15 bits per heavy atom. The number of hydrogen-bond acceptors (Lipinski definition) is 3. The lowest BCUT2D eigenvalue weighted by Crippen LogP contribution is -2.04. The van der Waals surface area contributed by atoms with Crippen molar-refractivity contribution < 1.29 is 0 Å². The molecule has 0 saturated heterocycles. The van der Waals surface area contributed by atoms with Crippen molar-refractivity contribution >= 4 is 96.7 Å². The molecule has 0 radical (unpaired) electrons. The van der Waals surface area contributed by atoms with Gasteiger partial charge < -0.3 is 0 Å². The van der Waals surface area contributed by atoms with Crippen molar-refractivity contribution in [3.8, 4) is 28.2 Å². The van der Waals surface area contributed by atoms with Crippen LogP contribution in [0.3, 0.4) is 0 Å². The summed E-state index contributed by atoms with van der Waals surface area (Å²) < 4.78 is 5.05. The molecular weight excluding hydrogens is 603 g/mol. The highest BCUT2D eigenvalue weighted by Crippen LogP contribution is 2.52. The highest BCUT2D eigenvalue weighted by molar-refractivity contribution is 7.26. The van der Waals surface area contributed by atoms with Crippen LogP contribution < -0.4 is 0 Å².